The van der Waals surface area contributed by atoms with Crippen LogP contribution in [0.4, 0.5) is 0 Å². The zero-order chi connectivity index (χ0) is 13.0. The largest absolute Gasteiger partial charge is 0.480 e. The normalized spacial score (nSPS) is 16.0. The lowest BCUT2D eigenvalue weighted by molar-refractivity contribution is -0.139. The number of hydrogen-bond donors (Lipinski definition) is 2. The van der Waals surface area contributed by atoms with Crippen molar-refractivity contribution in [3.05, 3.63) is 28.7 Å². The molecule has 1 fully saturated rings. The van der Waals surface area contributed by atoms with Gasteiger partial charge in [0.05, 0.1) is 18.2 Å². The SMILES string of the molecule is [N-]=[N+]=NCCNC(C(=O)O)c1cncn1C1CC1. The summed E-state index contributed by atoms with van der Waals surface area (Å²) in [6, 6.07) is -0.440. The smallest absolute Gasteiger partial charge is 0.326 e. The number of aliphatic carboxylic acids is 1. The van der Waals surface area contributed by atoms with Gasteiger partial charge in [-0.1, -0.05) is 5.11 Å². The van der Waals surface area contributed by atoms with E-state index in [1.54, 1.807) is 12.5 Å². The Labute approximate surface area is 103 Å². The topological polar surface area (TPSA) is 116 Å². The van der Waals surface area contributed by atoms with Crippen LogP contribution in [0.2, 0.25) is 0 Å². The van der Waals surface area contributed by atoms with Gasteiger partial charge >= 0.3 is 5.97 Å². The number of carboxylic acids is 1. The third kappa shape index (κ3) is 2.79. The highest BCUT2D eigenvalue weighted by molar-refractivity contribution is 5.74. The van der Waals surface area contributed by atoms with E-state index >= 15 is 0 Å². The molecule has 0 amide bonds. The molecule has 1 aromatic heterocycles. The van der Waals surface area contributed by atoms with Gasteiger partial charge in [-0.05, 0) is 18.4 Å². The van der Waals surface area contributed by atoms with Crippen molar-refractivity contribution >= 4 is 5.97 Å². The molecule has 1 unspecified atom stereocenters. The summed E-state index contributed by atoms with van der Waals surface area (Å²) in [5.41, 5.74) is 8.79. The van der Waals surface area contributed by atoms with E-state index in [2.05, 4.69) is 20.3 Å². The van der Waals surface area contributed by atoms with Crippen molar-refractivity contribution in [2.24, 2.45) is 5.11 Å². The lowest BCUT2D eigenvalue weighted by Crippen LogP contribution is -2.32. The zero-order valence-electron chi connectivity index (χ0n) is 9.73. The van der Waals surface area contributed by atoms with E-state index in [0.29, 0.717) is 18.3 Å². The molecule has 18 heavy (non-hydrogen) atoms. The molecule has 0 spiro atoms. The molecule has 96 valence electrons. The number of azide groups is 1. The van der Waals surface area contributed by atoms with E-state index in [4.69, 9.17) is 5.53 Å². The summed E-state index contributed by atoms with van der Waals surface area (Å²) in [6.07, 6.45) is 5.36. The van der Waals surface area contributed by atoms with E-state index in [0.717, 1.165) is 12.8 Å². The number of carboxylic acid groups (broad SMARTS) is 1. The number of nitrogens with one attached hydrogen (secondary N) is 1. The van der Waals surface area contributed by atoms with E-state index in [1.807, 2.05) is 4.57 Å². The minimum Gasteiger partial charge on any atom is -0.480 e. The molecule has 2 N–H and O–H groups in total. The van der Waals surface area contributed by atoms with Crippen LogP contribution in [-0.2, 0) is 4.79 Å². The fourth-order valence-electron chi connectivity index (χ4n) is 1.82. The van der Waals surface area contributed by atoms with Gasteiger partial charge in [0.25, 0.3) is 0 Å². The van der Waals surface area contributed by atoms with E-state index in [-0.39, 0.29) is 6.54 Å². The monoisotopic (exact) mass is 250 g/mol. The first kappa shape index (κ1) is 12.4. The molecule has 1 aromatic rings. The average molecular weight is 250 g/mol. The molecule has 2 rings (SSSR count). The highest BCUT2D eigenvalue weighted by Crippen LogP contribution is 2.36. The second-order valence-corrected chi connectivity index (χ2v) is 4.14. The Morgan fingerprint density at radius 2 is 2.56 bits per heavy atom. The lowest BCUT2D eigenvalue weighted by Gasteiger charge is -2.15. The summed E-state index contributed by atoms with van der Waals surface area (Å²) in [6.45, 7) is 0.536. The van der Waals surface area contributed by atoms with Gasteiger partial charge in [-0.25, -0.2) is 4.98 Å². The minimum absolute atomic E-state index is 0.220. The summed E-state index contributed by atoms with van der Waals surface area (Å²) >= 11 is 0. The molecular formula is C10H14N6O2. The molecule has 0 saturated heterocycles. The van der Waals surface area contributed by atoms with Crippen LogP contribution in [0.15, 0.2) is 17.6 Å². The molecule has 1 heterocycles. The van der Waals surface area contributed by atoms with Crippen molar-refractivity contribution in [1.29, 1.82) is 0 Å². The quantitative estimate of drug-likeness (QED) is 0.327. The Balaban J connectivity index is 2.06. The molecule has 0 aromatic carbocycles. The first-order valence-corrected chi connectivity index (χ1v) is 5.73. The van der Waals surface area contributed by atoms with Crippen LogP contribution in [-0.4, -0.2) is 33.7 Å². The molecule has 0 radical (unpaired) electrons. The number of hydrogen-bond acceptors (Lipinski definition) is 4. The standard InChI is InChI=1S/C10H14N6O2/c11-15-14-4-3-13-9(10(17)18)8-5-12-6-16(8)7-1-2-7/h5-7,9,13H,1-4H2,(H,17,18). The molecule has 1 atom stereocenters. The fourth-order valence-corrected chi connectivity index (χ4v) is 1.82. The van der Waals surface area contributed by atoms with Crippen LogP contribution in [0.1, 0.15) is 30.6 Å². The molecule has 1 saturated carbocycles. The Morgan fingerprint density at radius 1 is 1.78 bits per heavy atom. The molecule has 8 heteroatoms. The Kier molecular flexibility index (Phi) is 3.81. The summed E-state index contributed by atoms with van der Waals surface area (Å²) in [4.78, 5) is 17.9. The van der Waals surface area contributed by atoms with Gasteiger partial charge < -0.3 is 9.67 Å². The van der Waals surface area contributed by atoms with Crippen molar-refractivity contribution in [3.63, 3.8) is 0 Å². The van der Waals surface area contributed by atoms with Crippen LogP contribution >= 0.6 is 0 Å². The first-order chi connectivity index (χ1) is 8.74. The molecule has 8 nitrogen and oxygen atoms in total. The number of rotatable bonds is 7. The van der Waals surface area contributed by atoms with Gasteiger partial charge in [0, 0.05) is 24.0 Å². The van der Waals surface area contributed by atoms with Crippen molar-refractivity contribution in [2.75, 3.05) is 13.1 Å². The number of aromatic nitrogens is 2. The highest BCUT2D eigenvalue weighted by Gasteiger charge is 2.30. The summed E-state index contributed by atoms with van der Waals surface area (Å²) in [7, 11) is 0. The predicted octanol–water partition coefficient (Wildman–Crippen LogP) is 1.24. The van der Waals surface area contributed by atoms with Gasteiger partial charge in [0.2, 0.25) is 0 Å². The van der Waals surface area contributed by atoms with Crippen molar-refractivity contribution in [1.82, 2.24) is 14.9 Å². The zero-order valence-corrected chi connectivity index (χ0v) is 9.73. The fraction of sp³-hybridized carbons (Fsp3) is 0.600. The minimum atomic E-state index is -0.960. The number of carbonyl (C=O) groups is 1. The first-order valence-electron chi connectivity index (χ1n) is 5.73. The second kappa shape index (κ2) is 5.52. The summed E-state index contributed by atoms with van der Waals surface area (Å²) < 4.78 is 1.90. The van der Waals surface area contributed by atoms with E-state index in [1.165, 1.54) is 0 Å². The third-order valence-electron chi connectivity index (χ3n) is 2.80. The Bertz CT molecular complexity index is 474. The van der Waals surface area contributed by atoms with Gasteiger partial charge in [0.15, 0.2) is 0 Å². The van der Waals surface area contributed by atoms with Gasteiger partial charge in [-0.3, -0.25) is 10.1 Å². The molecule has 0 aliphatic heterocycles. The van der Waals surface area contributed by atoms with Crippen molar-refractivity contribution < 1.29 is 9.90 Å². The van der Waals surface area contributed by atoms with Crippen molar-refractivity contribution in [3.8, 4) is 0 Å². The average Bonchev–Trinajstić information content (AvgIpc) is 3.08. The maximum atomic E-state index is 11.2. The molecular weight excluding hydrogens is 236 g/mol. The van der Waals surface area contributed by atoms with Crippen LogP contribution < -0.4 is 5.32 Å². The van der Waals surface area contributed by atoms with Crippen molar-refractivity contribution in [2.45, 2.75) is 24.9 Å². The van der Waals surface area contributed by atoms with Crippen LogP contribution in [0.5, 0.6) is 0 Å². The van der Waals surface area contributed by atoms with E-state index < -0.39 is 12.0 Å². The van der Waals surface area contributed by atoms with Crippen LogP contribution in [0.3, 0.4) is 0 Å². The number of nitrogens with zero attached hydrogens (tertiary/aromatic N) is 5. The van der Waals surface area contributed by atoms with Crippen LogP contribution in [0, 0.1) is 0 Å². The van der Waals surface area contributed by atoms with Gasteiger partial charge in [-0.15, -0.1) is 0 Å². The Hall–Kier alpha value is -2.05. The second-order valence-electron chi connectivity index (χ2n) is 4.14. The lowest BCUT2D eigenvalue weighted by atomic mass is 10.2. The maximum Gasteiger partial charge on any atom is 0.326 e. The maximum absolute atomic E-state index is 11.2. The van der Waals surface area contributed by atoms with Gasteiger partial charge in [-0.2, -0.15) is 0 Å². The van der Waals surface area contributed by atoms with E-state index in [9.17, 15) is 9.90 Å². The van der Waals surface area contributed by atoms with Crippen LogP contribution in [0.25, 0.3) is 10.4 Å². The molecule has 1 aliphatic carbocycles. The summed E-state index contributed by atoms with van der Waals surface area (Å²) in [5.74, 6) is -0.960. The highest BCUT2D eigenvalue weighted by atomic mass is 16.4. The predicted molar refractivity (Wildman–Crippen MR) is 62.9 cm³/mol. The number of imidazole rings is 1. The van der Waals surface area contributed by atoms with Gasteiger partial charge in [0.1, 0.15) is 6.04 Å². The molecule has 1 aliphatic rings. The molecule has 0 bridgehead atoms. The summed E-state index contributed by atoms with van der Waals surface area (Å²) in [5, 5.41) is 15.4. The Morgan fingerprint density at radius 3 is 3.17 bits per heavy atom. The third-order valence-corrected chi connectivity index (χ3v) is 2.80.